The molecule has 0 aliphatic heterocycles. The van der Waals surface area contributed by atoms with Gasteiger partial charge >= 0.3 is 5.97 Å². The van der Waals surface area contributed by atoms with Crippen LogP contribution in [0.3, 0.4) is 0 Å². The number of halogens is 2. The number of rotatable bonds is 6. The predicted molar refractivity (Wildman–Crippen MR) is 123 cm³/mol. The number of carboxylic acid groups (broad SMARTS) is 1. The minimum atomic E-state index is -3.72. The molecular formula is C25H26F2N2O4S. The summed E-state index contributed by atoms with van der Waals surface area (Å²) in [5.74, 6) is -0.956. The monoisotopic (exact) mass is 488 g/mol. The van der Waals surface area contributed by atoms with Gasteiger partial charge in [-0.25, -0.2) is 21.9 Å². The van der Waals surface area contributed by atoms with Crippen molar-refractivity contribution in [1.29, 1.82) is 0 Å². The molecule has 2 unspecified atom stereocenters. The first-order chi connectivity index (χ1) is 16.1. The molecule has 2 aromatic carbocycles. The van der Waals surface area contributed by atoms with E-state index in [-0.39, 0.29) is 29.2 Å². The van der Waals surface area contributed by atoms with Crippen molar-refractivity contribution in [2.24, 2.45) is 11.8 Å². The highest BCUT2D eigenvalue weighted by Crippen LogP contribution is 2.52. The third-order valence-corrected chi connectivity index (χ3v) is 9.03. The molecule has 5 rings (SSSR count). The van der Waals surface area contributed by atoms with Crippen LogP contribution in [0.5, 0.6) is 0 Å². The molecule has 2 fully saturated rings. The Kier molecular flexibility index (Phi) is 5.72. The second-order valence-corrected chi connectivity index (χ2v) is 11.3. The molecule has 2 atom stereocenters. The number of carboxylic acids is 1. The van der Waals surface area contributed by atoms with E-state index in [9.17, 15) is 27.1 Å². The van der Waals surface area contributed by atoms with E-state index in [0.29, 0.717) is 24.7 Å². The quantitative estimate of drug-likeness (QED) is 0.532. The molecular weight excluding hydrogens is 462 g/mol. The summed E-state index contributed by atoms with van der Waals surface area (Å²) in [6, 6.07) is 9.09. The lowest BCUT2D eigenvalue weighted by Gasteiger charge is -2.17. The number of nitrogens with one attached hydrogen (secondary N) is 1. The maximum atomic E-state index is 14.1. The Morgan fingerprint density at radius 1 is 1.03 bits per heavy atom. The van der Waals surface area contributed by atoms with Gasteiger partial charge in [0.15, 0.2) is 0 Å². The second kappa shape index (κ2) is 8.46. The topological polar surface area (TPSA) is 88.4 Å². The molecule has 2 aliphatic carbocycles. The Bertz CT molecular complexity index is 1350. The molecule has 6 nitrogen and oxygen atoms in total. The highest BCUT2D eigenvalue weighted by molar-refractivity contribution is 7.89. The van der Waals surface area contributed by atoms with Crippen LogP contribution in [0.4, 0.5) is 8.78 Å². The Hall–Kier alpha value is -2.78. The van der Waals surface area contributed by atoms with Gasteiger partial charge in [-0.1, -0.05) is 0 Å². The minimum absolute atomic E-state index is 0.0488. The molecule has 1 aromatic heterocycles. The van der Waals surface area contributed by atoms with Crippen LogP contribution in [0.15, 0.2) is 47.4 Å². The fourth-order valence-corrected chi connectivity index (χ4v) is 7.45. The van der Waals surface area contributed by atoms with Crippen molar-refractivity contribution in [2.75, 3.05) is 0 Å². The number of carbonyl (C=O) groups is 1. The number of sulfonamides is 1. The average molecular weight is 489 g/mol. The van der Waals surface area contributed by atoms with Crippen molar-refractivity contribution in [3.63, 3.8) is 0 Å². The molecule has 0 spiro atoms. The Morgan fingerprint density at radius 3 is 2.26 bits per heavy atom. The summed E-state index contributed by atoms with van der Waals surface area (Å²) in [5, 5.41) is 10.1. The smallest absolute Gasteiger partial charge is 0.323 e. The van der Waals surface area contributed by atoms with Gasteiger partial charge in [0.2, 0.25) is 10.0 Å². The van der Waals surface area contributed by atoms with Gasteiger partial charge in [-0.2, -0.15) is 0 Å². The van der Waals surface area contributed by atoms with Gasteiger partial charge in [-0.05, 0) is 98.4 Å². The predicted octanol–water partition coefficient (Wildman–Crippen LogP) is 4.56. The van der Waals surface area contributed by atoms with Crippen LogP contribution < -0.4 is 4.72 Å². The maximum absolute atomic E-state index is 14.1. The summed E-state index contributed by atoms with van der Waals surface area (Å²) in [6.07, 6.45) is 3.12. The van der Waals surface area contributed by atoms with Crippen molar-refractivity contribution in [2.45, 2.75) is 56.0 Å². The Balaban J connectivity index is 1.34. The lowest BCUT2D eigenvalue weighted by Crippen LogP contribution is -2.33. The van der Waals surface area contributed by atoms with Crippen LogP contribution in [0, 0.1) is 30.4 Å². The maximum Gasteiger partial charge on any atom is 0.323 e. The average Bonchev–Trinajstić information content (AvgIpc) is 3.38. The molecule has 0 radical (unpaired) electrons. The van der Waals surface area contributed by atoms with E-state index in [1.807, 2.05) is 6.92 Å². The number of hydrogen-bond acceptors (Lipinski definition) is 3. The summed E-state index contributed by atoms with van der Waals surface area (Å²) in [7, 11) is -3.72. The van der Waals surface area contributed by atoms with Gasteiger partial charge in [0.1, 0.15) is 18.2 Å². The SMILES string of the molecule is Cc1c(C2CC3CC(NS(=O)(=O)c4ccc(F)cc4)CC3C2)c2cc(F)ccc2n1CC(=O)O. The molecule has 1 heterocycles. The van der Waals surface area contributed by atoms with Crippen molar-refractivity contribution in [3.05, 3.63) is 65.4 Å². The van der Waals surface area contributed by atoms with Crippen molar-refractivity contribution in [1.82, 2.24) is 9.29 Å². The molecule has 0 amide bonds. The third kappa shape index (κ3) is 4.11. The molecule has 2 N–H and O–H groups in total. The zero-order valence-electron chi connectivity index (χ0n) is 18.7. The minimum Gasteiger partial charge on any atom is -0.480 e. The van der Waals surface area contributed by atoms with Gasteiger partial charge in [-0.15, -0.1) is 0 Å². The molecule has 9 heteroatoms. The van der Waals surface area contributed by atoms with Crippen LogP contribution in [0.1, 0.15) is 42.9 Å². The molecule has 34 heavy (non-hydrogen) atoms. The summed E-state index contributed by atoms with van der Waals surface area (Å²) < 4.78 is 57.2. The number of fused-ring (bicyclic) bond motifs is 2. The first-order valence-electron chi connectivity index (χ1n) is 11.4. The van der Waals surface area contributed by atoms with Crippen molar-refractivity contribution < 1.29 is 27.1 Å². The van der Waals surface area contributed by atoms with Crippen molar-refractivity contribution >= 4 is 26.9 Å². The normalized spacial score (nSPS) is 24.6. The first-order valence-corrected chi connectivity index (χ1v) is 12.9. The number of aromatic nitrogens is 1. The standard InChI is InChI=1S/C25H26F2N2O4S/c1-14-25(22-12-19(27)4-7-23(22)29(14)13-24(30)31)17-8-15-10-20(11-16(15)9-17)28-34(32,33)21-5-2-18(26)3-6-21/h2-7,12,15-17,20,28H,8-11,13H2,1H3,(H,30,31). The van der Waals surface area contributed by atoms with Crippen LogP contribution in [0.2, 0.25) is 0 Å². The van der Waals surface area contributed by atoms with Gasteiger partial charge < -0.3 is 9.67 Å². The molecule has 0 saturated heterocycles. The molecule has 0 bridgehead atoms. The van der Waals surface area contributed by atoms with E-state index in [1.54, 1.807) is 10.6 Å². The second-order valence-electron chi connectivity index (χ2n) is 9.57. The summed E-state index contributed by atoms with van der Waals surface area (Å²) in [4.78, 5) is 11.5. The number of hydrogen-bond donors (Lipinski definition) is 2. The number of nitrogens with zero attached hydrogens (tertiary/aromatic N) is 1. The lowest BCUT2D eigenvalue weighted by molar-refractivity contribution is -0.137. The van der Waals surface area contributed by atoms with Crippen LogP contribution in [-0.4, -0.2) is 30.1 Å². The van der Waals surface area contributed by atoms with E-state index >= 15 is 0 Å². The van der Waals surface area contributed by atoms with Crippen molar-refractivity contribution in [3.8, 4) is 0 Å². The van der Waals surface area contributed by atoms with Gasteiger partial charge in [-0.3, -0.25) is 4.79 Å². The highest BCUT2D eigenvalue weighted by atomic mass is 32.2. The summed E-state index contributed by atoms with van der Waals surface area (Å²) >= 11 is 0. The van der Waals surface area contributed by atoms with E-state index in [4.69, 9.17) is 0 Å². The molecule has 3 aromatic rings. The van der Waals surface area contributed by atoms with E-state index in [0.717, 1.165) is 47.1 Å². The van der Waals surface area contributed by atoms with Gasteiger partial charge in [0.25, 0.3) is 0 Å². The van der Waals surface area contributed by atoms with Crippen LogP contribution in [0.25, 0.3) is 10.9 Å². The van der Waals surface area contributed by atoms with E-state index < -0.39 is 21.8 Å². The molecule has 2 aliphatic rings. The van der Waals surface area contributed by atoms with E-state index in [2.05, 4.69) is 4.72 Å². The zero-order valence-corrected chi connectivity index (χ0v) is 19.5. The molecule has 180 valence electrons. The van der Waals surface area contributed by atoms with E-state index in [1.165, 1.54) is 24.3 Å². The van der Waals surface area contributed by atoms with Crippen LogP contribution >= 0.6 is 0 Å². The highest BCUT2D eigenvalue weighted by Gasteiger charge is 2.44. The third-order valence-electron chi connectivity index (χ3n) is 7.50. The first kappa shape index (κ1) is 23.0. The fourth-order valence-electron chi connectivity index (χ4n) is 6.18. The summed E-state index contributed by atoms with van der Waals surface area (Å²) in [6.45, 7) is 1.71. The fraction of sp³-hybridized carbons (Fsp3) is 0.400. The zero-order chi connectivity index (χ0) is 24.2. The number of benzene rings is 2. The number of aliphatic carboxylic acids is 1. The Labute approximate surface area is 196 Å². The lowest BCUT2D eigenvalue weighted by atomic mass is 9.91. The Morgan fingerprint density at radius 2 is 1.65 bits per heavy atom. The summed E-state index contributed by atoms with van der Waals surface area (Å²) in [5.41, 5.74) is 2.58. The van der Waals surface area contributed by atoms with Crippen LogP contribution in [-0.2, 0) is 21.4 Å². The van der Waals surface area contributed by atoms with Gasteiger partial charge in [0.05, 0.1) is 4.90 Å². The van der Waals surface area contributed by atoms with Gasteiger partial charge in [0, 0.05) is 22.6 Å². The largest absolute Gasteiger partial charge is 0.480 e. The molecule has 2 saturated carbocycles.